The van der Waals surface area contributed by atoms with Gasteiger partial charge in [0, 0.05) is 35.6 Å². The van der Waals surface area contributed by atoms with Crippen molar-refractivity contribution in [3.05, 3.63) is 0 Å². The molecule has 0 saturated carbocycles. The average Bonchev–Trinajstić information content (AvgIpc) is 2.02. The lowest BCUT2D eigenvalue weighted by Crippen LogP contribution is -2.40. The molecule has 0 aliphatic rings. The van der Waals surface area contributed by atoms with Crippen LogP contribution in [0.2, 0.25) is 18.1 Å². The summed E-state index contributed by atoms with van der Waals surface area (Å²) in [7, 11) is -1.52. The van der Waals surface area contributed by atoms with E-state index < -0.39 is 8.32 Å². The van der Waals surface area contributed by atoms with E-state index in [0.717, 1.165) is 19.4 Å². The average molecular weight is 324 g/mol. The highest BCUT2D eigenvalue weighted by Gasteiger charge is 2.36. The number of unbranched alkanes of at least 4 members (excludes halogenated alkanes) is 1. The predicted molar refractivity (Wildman–Crippen MR) is 74.2 cm³/mol. The van der Waals surface area contributed by atoms with Gasteiger partial charge in [0.25, 0.3) is 0 Å². The molecule has 0 aromatic rings. The molecular formula is C11H21IOSi. The zero-order valence-electron chi connectivity index (χ0n) is 9.91. The lowest BCUT2D eigenvalue weighted by molar-refractivity contribution is 0.284. The van der Waals surface area contributed by atoms with Gasteiger partial charge in [-0.25, -0.2) is 0 Å². The van der Waals surface area contributed by atoms with Crippen molar-refractivity contribution in [2.24, 2.45) is 0 Å². The Kier molecular flexibility index (Phi) is 6.34. The van der Waals surface area contributed by atoms with Crippen LogP contribution >= 0.6 is 22.6 Å². The Morgan fingerprint density at radius 3 is 2.29 bits per heavy atom. The third-order valence-electron chi connectivity index (χ3n) is 2.78. The maximum atomic E-state index is 6.01. The molecule has 0 atom stereocenters. The van der Waals surface area contributed by atoms with Crippen LogP contribution in [-0.4, -0.2) is 14.9 Å². The second kappa shape index (κ2) is 6.14. The molecule has 0 radical (unpaired) electrons. The SMILES string of the molecule is CC(C)(C)[Si](C)(C)OCCCC#CI. The highest BCUT2D eigenvalue weighted by atomic mass is 127. The molecule has 14 heavy (non-hydrogen) atoms. The van der Waals surface area contributed by atoms with Gasteiger partial charge in [-0.15, -0.1) is 0 Å². The smallest absolute Gasteiger partial charge is 0.191 e. The second-order valence-electron chi connectivity index (χ2n) is 4.98. The molecule has 0 heterocycles. The molecule has 0 rings (SSSR count). The van der Waals surface area contributed by atoms with Crippen molar-refractivity contribution in [1.29, 1.82) is 0 Å². The normalized spacial score (nSPS) is 12.1. The van der Waals surface area contributed by atoms with Gasteiger partial charge < -0.3 is 4.43 Å². The molecular weight excluding hydrogens is 303 g/mol. The van der Waals surface area contributed by atoms with Crippen molar-refractivity contribution in [2.75, 3.05) is 6.61 Å². The van der Waals surface area contributed by atoms with Gasteiger partial charge in [-0.2, -0.15) is 0 Å². The molecule has 0 aliphatic carbocycles. The van der Waals surface area contributed by atoms with E-state index in [4.69, 9.17) is 4.43 Å². The summed E-state index contributed by atoms with van der Waals surface area (Å²) >= 11 is 2.07. The Balaban J connectivity index is 3.81. The fourth-order valence-corrected chi connectivity index (χ4v) is 2.11. The molecule has 0 saturated heterocycles. The molecule has 82 valence electrons. The largest absolute Gasteiger partial charge is 0.417 e. The monoisotopic (exact) mass is 324 g/mol. The standard InChI is InChI=1S/C11H21IOSi/c1-11(2,3)14(4,5)13-10-8-6-7-9-12/h6,8,10H2,1-5H3. The Bertz CT molecular complexity index is 220. The van der Waals surface area contributed by atoms with E-state index in [9.17, 15) is 0 Å². The van der Waals surface area contributed by atoms with E-state index in [1.807, 2.05) is 0 Å². The molecule has 0 bridgehead atoms. The van der Waals surface area contributed by atoms with E-state index in [0.29, 0.717) is 5.04 Å². The third kappa shape index (κ3) is 5.37. The number of rotatable bonds is 4. The van der Waals surface area contributed by atoms with Crippen LogP contribution in [0.15, 0.2) is 0 Å². The van der Waals surface area contributed by atoms with E-state index in [-0.39, 0.29) is 0 Å². The fourth-order valence-electron chi connectivity index (χ4n) is 0.752. The first-order valence-corrected chi connectivity index (χ1v) is 9.02. The van der Waals surface area contributed by atoms with Gasteiger partial charge in [-0.3, -0.25) is 0 Å². The number of hydrogen-bond acceptors (Lipinski definition) is 1. The van der Waals surface area contributed by atoms with Crippen LogP contribution in [0.25, 0.3) is 0 Å². The summed E-state index contributed by atoms with van der Waals surface area (Å²) in [5, 5.41) is 0.321. The van der Waals surface area contributed by atoms with Crippen LogP contribution < -0.4 is 0 Å². The highest BCUT2D eigenvalue weighted by molar-refractivity contribution is 14.1. The topological polar surface area (TPSA) is 9.23 Å². The zero-order chi connectivity index (χ0) is 11.2. The molecule has 0 aliphatic heterocycles. The van der Waals surface area contributed by atoms with E-state index in [2.05, 4.69) is 66.3 Å². The summed E-state index contributed by atoms with van der Waals surface area (Å²) < 4.78 is 8.88. The summed E-state index contributed by atoms with van der Waals surface area (Å²) in [5.41, 5.74) is 0. The van der Waals surface area contributed by atoms with Crippen LogP contribution in [0.4, 0.5) is 0 Å². The summed E-state index contributed by atoms with van der Waals surface area (Å²) in [4.78, 5) is 0. The molecule has 0 N–H and O–H groups in total. The van der Waals surface area contributed by atoms with Crippen LogP contribution in [0.1, 0.15) is 33.6 Å². The quantitative estimate of drug-likeness (QED) is 0.326. The Morgan fingerprint density at radius 2 is 1.86 bits per heavy atom. The molecule has 1 nitrogen and oxygen atoms in total. The van der Waals surface area contributed by atoms with Crippen LogP contribution in [0.5, 0.6) is 0 Å². The zero-order valence-corrected chi connectivity index (χ0v) is 13.1. The Labute approximate surface area is 103 Å². The van der Waals surface area contributed by atoms with E-state index in [1.54, 1.807) is 0 Å². The minimum absolute atomic E-state index is 0.321. The summed E-state index contributed by atoms with van der Waals surface area (Å²) in [6.07, 6.45) is 2.01. The van der Waals surface area contributed by atoms with Gasteiger partial charge in [0.2, 0.25) is 0 Å². The van der Waals surface area contributed by atoms with Gasteiger partial charge in [-0.1, -0.05) is 26.7 Å². The minimum Gasteiger partial charge on any atom is -0.417 e. The van der Waals surface area contributed by atoms with E-state index in [1.165, 1.54) is 0 Å². The van der Waals surface area contributed by atoms with Gasteiger partial charge in [0.1, 0.15) is 0 Å². The van der Waals surface area contributed by atoms with Crippen molar-refractivity contribution in [1.82, 2.24) is 0 Å². The van der Waals surface area contributed by atoms with Crippen LogP contribution in [-0.2, 0) is 4.43 Å². The lowest BCUT2D eigenvalue weighted by Gasteiger charge is -2.36. The first-order valence-electron chi connectivity index (χ1n) is 5.04. The molecule has 3 heteroatoms. The molecule has 0 spiro atoms. The predicted octanol–water partition coefficient (Wildman–Crippen LogP) is 4.18. The molecule has 0 aromatic carbocycles. The molecule has 0 unspecified atom stereocenters. The van der Waals surface area contributed by atoms with Gasteiger partial charge in [0.15, 0.2) is 8.32 Å². The maximum absolute atomic E-state index is 6.01. The fraction of sp³-hybridized carbons (Fsp3) is 0.818. The molecule has 0 amide bonds. The van der Waals surface area contributed by atoms with Gasteiger partial charge in [0.05, 0.1) is 0 Å². The first-order chi connectivity index (χ1) is 6.31. The van der Waals surface area contributed by atoms with Crippen molar-refractivity contribution < 1.29 is 4.43 Å². The van der Waals surface area contributed by atoms with Gasteiger partial charge in [-0.05, 0) is 28.5 Å². The number of halogens is 1. The Hall–Kier alpha value is 0.467. The highest BCUT2D eigenvalue weighted by Crippen LogP contribution is 2.36. The summed E-state index contributed by atoms with van der Waals surface area (Å²) in [6.45, 7) is 12.2. The van der Waals surface area contributed by atoms with Crippen molar-refractivity contribution in [2.45, 2.75) is 51.7 Å². The van der Waals surface area contributed by atoms with Crippen LogP contribution in [0.3, 0.4) is 0 Å². The van der Waals surface area contributed by atoms with Crippen LogP contribution in [0, 0.1) is 9.85 Å². The van der Waals surface area contributed by atoms with E-state index >= 15 is 0 Å². The third-order valence-corrected chi connectivity index (χ3v) is 7.70. The Morgan fingerprint density at radius 1 is 1.29 bits per heavy atom. The number of hydrogen-bond donors (Lipinski definition) is 0. The van der Waals surface area contributed by atoms with Crippen molar-refractivity contribution in [3.8, 4) is 9.85 Å². The molecule has 0 fully saturated rings. The molecule has 0 aromatic heterocycles. The van der Waals surface area contributed by atoms with Gasteiger partial charge >= 0.3 is 0 Å². The second-order valence-corrected chi connectivity index (χ2v) is 10.3. The summed E-state index contributed by atoms with van der Waals surface area (Å²) in [5.74, 6) is 3.05. The first kappa shape index (κ1) is 14.5. The minimum atomic E-state index is -1.52. The van der Waals surface area contributed by atoms with Crippen molar-refractivity contribution in [3.63, 3.8) is 0 Å². The van der Waals surface area contributed by atoms with Crippen molar-refractivity contribution >= 4 is 30.9 Å². The maximum Gasteiger partial charge on any atom is 0.191 e. The summed E-state index contributed by atoms with van der Waals surface area (Å²) in [6, 6.07) is 0. The lowest BCUT2D eigenvalue weighted by atomic mass is 10.2.